The van der Waals surface area contributed by atoms with Crippen molar-refractivity contribution in [3.8, 4) is 0 Å². The molecule has 2 atom stereocenters. The zero-order chi connectivity index (χ0) is 19.4. The number of benzene rings is 2. The fourth-order valence-electron chi connectivity index (χ4n) is 3.05. The lowest BCUT2D eigenvalue weighted by Gasteiger charge is -2.29. The monoisotopic (exact) mass is 390 g/mol. The maximum absolute atomic E-state index is 13.9. The van der Waals surface area contributed by atoms with E-state index in [0.717, 1.165) is 0 Å². The summed E-state index contributed by atoms with van der Waals surface area (Å²) in [5.41, 5.74) is 0.704. The number of thioether (sulfide) groups is 1. The highest BCUT2D eigenvalue weighted by molar-refractivity contribution is 7.99. The molecule has 27 heavy (non-hydrogen) atoms. The summed E-state index contributed by atoms with van der Waals surface area (Å²) in [6.45, 7) is 1.88. The fourth-order valence-corrected chi connectivity index (χ4v) is 4.49. The number of rotatable bonds is 5. The van der Waals surface area contributed by atoms with Crippen LogP contribution in [0.2, 0.25) is 0 Å². The Balaban J connectivity index is 1.86. The number of carbonyl (C=O) groups excluding carboxylic acids is 2. The molecule has 1 aliphatic rings. The molecule has 0 radical (unpaired) electrons. The molecule has 1 fully saturated rings. The fraction of sp³-hybridized carbons (Fsp3) is 0.300. The van der Waals surface area contributed by atoms with Crippen molar-refractivity contribution in [1.29, 1.82) is 0 Å². The molecule has 1 heterocycles. The van der Waals surface area contributed by atoms with Crippen LogP contribution < -0.4 is 5.32 Å². The topological polar surface area (TPSA) is 49.4 Å². The third-order valence-electron chi connectivity index (χ3n) is 4.32. The third-order valence-corrected chi connectivity index (χ3v) is 5.64. The maximum Gasteiger partial charge on any atom is 0.248 e. The number of nitrogens with one attached hydrogen (secondary N) is 1. The van der Waals surface area contributed by atoms with Crippen LogP contribution >= 0.6 is 11.8 Å². The van der Waals surface area contributed by atoms with Gasteiger partial charge in [0.2, 0.25) is 11.8 Å². The van der Waals surface area contributed by atoms with E-state index in [1.54, 1.807) is 18.2 Å². The Hall–Kier alpha value is -2.41. The smallest absolute Gasteiger partial charge is 0.248 e. The van der Waals surface area contributed by atoms with Gasteiger partial charge in [-0.3, -0.25) is 9.59 Å². The molecule has 0 aromatic heterocycles. The highest BCUT2D eigenvalue weighted by Crippen LogP contribution is 2.42. The van der Waals surface area contributed by atoms with Gasteiger partial charge in [-0.05, 0) is 36.2 Å². The Kier molecular flexibility index (Phi) is 6.11. The van der Waals surface area contributed by atoms with Crippen molar-refractivity contribution >= 4 is 29.3 Å². The molecule has 0 bridgehead atoms. The number of amides is 2. The molecule has 3 rings (SSSR count). The van der Waals surface area contributed by atoms with E-state index >= 15 is 0 Å². The van der Waals surface area contributed by atoms with Crippen LogP contribution in [0, 0.1) is 11.6 Å². The van der Waals surface area contributed by atoms with Crippen LogP contribution in [0.5, 0.6) is 0 Å². The summed E-state index contributed by atoms with van der Waals surface area (Å²) in [7, 11) is 0. The molecule has 4 nitrogen and oxygen atoms in total. The lowest BCUT2D eigenvalue weighted by Crippen LogP contribution is -2.45. The number of nitrogens with zero attached hydrogens (tertiary/aromatic N) is 1. The first-order valence-corrected chi connectivity index (χ1v) is 9.79. The van der Waals surface area contributed by atoms with E-state index < -0.39 is 29.0 Å². The highest BCUT2D eigenvalue weighted by Gasteiger charge is 2.42. The lowest BCUT2D eigenvalue weighted by atomic mass is 10.1. The van der Waals surface area contributed by atoms with Gasteiger partial charge in [0, 0.05) is 12.2 Å². The lowest BCUT2D eigenvalue weighted by molar-refractivity contribution is -0.138. The van der Waals surface area contributed by atoms with Gasteiger partial charge in [-0.15, -0.1) is 11.8 Å². The van der Waals surface area contributed by atoms with Crippen molar-refractivity contribution in [2.24, 2.45) is 0 Å². The third kappa shape index (κ3) is 4.30. The van der Waals surface area contributed by atoms with Crippen LogP contribution in [0.15, 0.2) is 48.5 Å². The quantitative estimate of drug-likeness (QED) is 0.826. The van der Waals surface area contributed by atoms with Gasteiger partial charge in [-0.1, -0.05) is 31.2 Å². The number of anilines is 1. The molecule has 1 N–H and O–H groups in total. The molecule has 0 aliphatic carbocycles. The van der Waals surface area contributed by atoms with Gasteiger partial charge in [0.25, 0.3) is 0 Å². The molecule has 7 heteroatoms. The van der Waals surface area contributed by atoms with Crippen LogP contribution in [-0.2, 0) is 9.59 Å². The number of hydrogen-bond acceptors (Lipinski definition) is 3. The van der Waals surface area contributed by atoms with Crippen molar-refractivity contribution in [1.82, 2.24) is 4.90 Å². The molecule has 2 amide bonds. The van der Waals surface area contributed by atoms with Crippen molar-refractivity contribution in [2.45, 2.75) is 31.2 Å². The Morgan fingerprint density at radius 1 is 1.19 bits per heavy atom. The minimum Gasteiger partial charge on any atom is -0.322 e. The van der Waals surface area contributed by atoms with Gasteiger partial charge in [0.05, 0.1) is 5.69 Å². The van der Waals surface area contributed by atoms with E-state index in [1.165, 1.54) is 47.0 Å². The van der Waals surface area contributed by atoms with E-state index in [2.05, 4.69) is 5.32 Å². The highest BCUT2D eigenvalue weighted by atomic mass is 32.2. The standard InChI is InChI=1S/C20H20F2N2O2S/c1-2-6-18(25)24-17(19(26)23-16-10-4-3-9-15(16)22)12-27-20(24)13-7-5-8-14(21)11-13/h3-5,7-11,17,20H,2,6,12H2,1H3,(H,23,26)/t17-,20-/m0/s1. The summed E-state index contributed by atoms with van der Waals surface area (Å²) in [6.07, 6.45) is 0.924. The van der Waals surface area contributed by atoms with Crippen LogP contribution in [0.1, 0.15) is 30.7 Å². The predicted molar refractivity (Wildman–Crippen MR) is 102 cm³/mol. The molecule has 0 saturated carbocycles. The average molecular weight is 390 g/mol. The molecule has 2 aromatic rings. The number of hydrogen-bond donors (Lipinski definition) is 1. The van der Waals surface area contributed by atoms with E-state index in [0.29, 0.717) is 17.7 Å². The van der Waals surface area contributed by atoms with Gasteiger partial charge in [-0.25, -0.2) is 8.78 Å². The van der Waals surface area contributed by atoms with E-state index in [4.69, 9.17) is 0 Å². The molecule has 142 valence electrons. The first kappa shape index (κ1) is 19.4. The van der Waals surface area contributed by atoms with Crippen molar-refractivity contribution in [2.75, 3.05) is 11.1 Å². The van der Waals surface area contributed by atoms with E-state index in [9.17, 15) is 18.4 Å². The average Bonchev–Trinajstić information content (AvgIpc) is 3.09. The van der Waals surface area contributed by atoms with Gasteiger partial charge < -0.3 is 10.2 Å². The SMILES string of the molecule is CCCC(=O)N1[C@H](C(=O)Nc2ccccc2F)CS[C@H]1c1cccc(F)c1. The van der Waals surface area contributed by atoms with Gasteiger partial charge in [0.15, 0.2) is 0 Å². The summed E-state index contributed by atoms with van der Waals surface area (Å²) in [5, 5.41) is 2.12. The molecular weight excluding hydrogens is 370 g/mol. The molecule has 1 aliphatic heterocycles. The number of carbonyl (C=O) groups is 2. The molecular formula is C20H20F2N2O2S. The van der Waals surface area contributed by atoms with Crippen molar-refractivity contribution in [3.63, 3.8) is 0 Å². The minimum absolute atomic E-state index is 0.0737. The largest absolute Gasteiger partial charge is 0.322 e. The zero-order valence-corrected chi connectivity index (χ0v) is 15.6. The van der Waals surface area contributed by atoms with Crippen LogP contribution in [0.3, 0.4) is 0 Å². The Labute approximate surface area is 160 Å². The maximum atomic E-state index is 13.9. The summed E-state index contributed by atoms with van der Waals surface area (Å²) in [4.78, 5) is 27.0. The number of halogens is 2. The van der Waals surface area contributed by atoms with Crippen LogP contribution in [0.4, 0.5) is 14.5 Å². The van der Waals surface area contributed by atoms with Crippen molar-refractivity contribution in [3.05, 3.63) is 65.7 Å². The van der Waals surface area contributed by atoms with Crippen molar-refractivity contribution < 1.29 is 18.4 Å². The van der Waals surface area contributed by atoms with Crippen LogP contribution in [-0.4, -0.2) is 28.5 Å². The summed E-state index contributed by atoms with van der Waals surface area (Å²) in [5.74, 6) is -1.20. The Morgan fingerprint density at radius 2 is 1.96 bits per heavy atom. The first-order chi connectivity index (χ1) is 13.0. The summed E-state index contributed by atoms with van der Waals surface area (Å²) < 4.78 is 27.5. The van der Waals surface area contributed by atoms with E-state index in [1.807, 2.05) is 6.92 Å². The number of para-hydroxylation sites is 1. The molecule has 2 aromatic carbocycles. The summed E-state index contributed by atoms with van der Waals surface area (Å²) >= 11 is 1.40. The van der Waals surface area contributed by atoms with Gasteiger partial charge in [-0.2, -0.15) is 0 Å². The molecule has 0 unspecified atom stereocenters. The molecule has 1 saturated heterocycles. The first-order valence-electron chi connectivity index (χ1n) is 8.75. The second-order valence-corrected chi connectivity index (χ2v) is 7.39. The van der Waals surface area contributed by atoms with Gasteiger partial charge in [0.1, 0.15) is 23.1 Å². The zero-order valence-electron chi connectivity index (χ0n) is 14.8. The Morgan fingerprint density at radius 3 is 2.67 bits per heavy atom. The van der Waals surface area contributed by atoms with Gasteiger partial charge >= 0.3 is 0 Å². The Bertz CT molecular complexity index is 846. The second-order valence-electron chi connectivity index (χ2n) is 6.28. The second kappa shape index (κ2) is 8.52. The van der Waals surface area contributed by atoms with E-state index in [-0.39, 0.29) is 18.0 Å². The van der Waals surface area contributed by atoms with Crippen LogP contribution in [0.25, 0.3) is 0 Å². The normalized spacial score (nSPS) is 19.1. The summed E-state index contributed by atoms with van der Waals surface area (Å²) in [6, 6.07) is 11.2. The minimum atomic E-state index is -0.748. The predicted octanol–water partition coefficient (Wildman–Crippen LogP) is 4.35. The molecule has 0 spiro atoms.